The van der Waals surface area contributed by atoms with Gasteiger partial charge in [-0.25, -0.2) is 4.39 Å². The van der Waals surface area contributed by atoms with Gasteiger partial charge in [-0.15, -0.1) is 0 Å². The molecule has 3 rings (SSSR count). The van der Waals surface area contributed by atoms with E-state index in [-0.39, 0.29) is 12.6 Å². The molecular formula is C15H13BrFNO2. The summed E-state index contributed by atoms with van der Waals surface area (Å²) in [5, 5.41) is 3.29. The molecule has 0 saturated heterocycles. The highest BCUT2D eigenvalue weighted by Gasteiger charge is 2.17. The van der Waals surface area contributed by atoms with E-state index in [1.807, 2.05) is 25.1 Å². The molecule has 0 bridgehead atoms. The third-order valence-corrected chi connectivity index (χ3v) is 3.82. The minimum Gasteiger partial charge on any atom is -0.454 e. The quantitative estimate of drug-likeness (QED) is 0.908. The Labute approximate surface area is 124 Å². The molecule has 2 aromatic carbocycles. The molecule has 5 heteroatoms. The number of hydrogen-bond acceptors (Lipinski definition) is 3. The predicted octanol–water partition coefficient (Wildman–Crippen LogP) is 4.24. The van der Waals surface area contributed by atoms with E-state index in [4.69, 9.17) is 9.47 Å². The van der Waals surface area contributed by atoms with Gasteiger partial charge >= 0.3 is 0 Å². The fourth-order valence-corrected chi connectivity index (χ4v) is 2.50. The minimum atomic E-state index is -0.259. The van der Waals surface area contributed by atoms with E-state index in [2.05, 4.69) is 21.2 Å². The zero-order valence-corrected chi connectivity index (χ0v) is 12.5. The molecule has 3 nitrogen and oxygen atoms in total. The molecule has 1 aliphatic heterocycles. The highest BCUT2D eigenvalue weighted by Crippen LogP contribution is 2.36. The summed E-state index contributed by atoms with van der Waals surface area (Å²) in [5.74, 6) is 1.28. The van der Waals surface area contributed by atoms with E-state index in [1.54, 1.807) is 6.07 Å². The number of hydrogen-bond donors (Lipinski definition) is 1. The third-order valence-electron chi connectivity index (χ3n) is 3.21. The Morgan fingerprint density at radius 3 is 3.00 bits per heavy atom. The van der Waals surface area contributed by atoms with Crippen LogP contribution >= 0.6 is 15.9 Å². The summed E-state index contributed by atoms with van der Waals surface area (Å²) in [4.78, 5) is 0. The minimum absolute atomic E-state index is 0.257. The Balaban J connectivity index is 1.81. The molecule has 104 valence electrons. The van der Waals surface area contributed by atoms with Gasteiger partial charge in [0, 0.05) is 17.8 Å². The summed E-state index contributed by atoms with van der Waals surface area (Å²) in [6.07, 6.45) is 0. The van der Waals surface area contributed by atoms with Crippen molar-refractivity contribution in [3.05, 3.63) is 51.7 Å². The maximum Gasteiger partial charge on any atom is 0.231 e. The van der Waals surface area contributed by atoms with Crippen LogP contribution in [0.3, 0.4) is 0 Å². The van der Waals surface area contributed by atoms with E-state index in [0.29, 0.717) is 11.0 Å². The summed E-state index contributed by atoms with van der Waals surface area (Å²) in [7, 11) is 0. The number of anilines is 1. The molecule has 0 amide bonds. The molecule has 0 saturated carbocycles. The molecule has 0 radical (unpaired) electrons. The average molecular weight is 338 g/mol. The SMILES string of the molecule is Cc1cc(F)c(Br)cc1NCc1cccc2c1OCO2. The smallest absolute Gasteiger partial charge is 0.231 e. The van der Waals surface area contributed by atoms with Crippen LogP contribution in [-0.4, -0.2) is 6.79 Å². The fourth-order valence-electron chi connectivity index (χ4n) is 2.16. The number of ether oxygens (including phenoxy) is 2. The van der Waals surface area contributed by atoms with E-state index >= 15 is 0 Å². The van der Waals surface area contributed by atoms with Crippen LogP contribution in [0.1, 0.15) is 11.1 Å². The van der Waals surface area contributed by atoms with Crippen LogP contribution in [0, 0.1) is 12.7 Å². The first kappa shape index (κ1) is 13.2. The molecule has 1 aliphatic rings. The highest BCUT2D eigenvalue weighted by atomic mass is 79.9. The third kappa shape index (κ3) is 2.45. The number of rotatable bonds is 3. The molecule has 0 unspecified atom stereocenters. The average Bonchev–Trinajstić information content (AvgIpc) is 2.90. The molecule has 0 atom stereocenters. The van der Waals surface area contributed by atoms with Crippen molar-refractivity contribution in [2.45, 2.75) is 13.5 Å². The second-order valence-electron chi connectivity index (χ2n) is 4.59. The summed E-state index contributed by atoms with van der Waals surface area (Å²) in [5.41, 5.74) is 2.75. The van der Waals surface area contributed by atoms with E-state index in [1.165, 1.54) is 6.07 Å². The zero-order chi connectivity index (χ0) is 14.1. The van der Waals surface area contributed by atoms with E-state index in [0.717, 1.165) is 28.3 Å². The van der Waals surface area contributed by atoms with Crippen molar-refractivity contribution in [2.24, 2.45) is 0 Å². The Morgan fingerprint density at radius 1 is 1.30 bits per heavy atom. The Morgan fingerprint density at radius 2 is 2.15 bits per heavy atom. The van der Waals surface area contributed by atoms with Crippen molar-refractivity contribution in [1.29, 1.82) is 0 Å². The van der Waals surface area contributed by atoms with Gasteiger partial charge in [-0.2, -0.15) is 0 Å². The maximum absolute atomic E-state index is 13.4. The van der Waals surface area contributed by atoms with Crippen molar-refractivity contribution in [2.75, 3.05) is 12.1 Å². The van der Waals surface area contributed by atoms with Crippen LogP contribution in [0.15, 0.2) is 34.8 Å². The molecule has 20 heavy (non-hydrogen) atoms. The normalized spacial score (nSPS) is 12.6. The van der Waals surface area contributed by atoms with Gasteiger partial charge in [-0.1, -0.05) is 12.1 Å². The number of para-hydroxylation sites is 1. The maximum atomic E-state index is 13.4. The second kappa shape index (κ2) is 5.32. The van der Waals surface area contributed by atoms with Crippen molar-refractivity contribution in [3.63, 3.8) is 0 Å². The van der Waals surface area contributed by atoms with Gasteiger partial charge in [0.25, 0.3) is 0 Å². The topological polar surface area (TPSA) is 30.5 Å². The van der Waals surface area contributed by atoms with Gasteiger partial charge in [-0.05, 0) is 46.6 Å². The lowest BCUT2D eigenvalue weighted by atomic mass is 10.1. The summed E-state index contributed by atoms with van der Waals surface area (Å²) >= 11 is 3.20. The number of aryl methyl sites for hydroxylation is 1. The second-order valence-corrected chi connectivity index (χ2v) is 5.44. The Bertz CT molecular complexity index is 661. The number of nitrogens with one attached hydrogen (secondary N) is 1. The van der Waals surface area contributed by atoms with Gasteiger partial charge < -0.3 is 14.8 Å². The molecule has 2 aromatic rings. The van der Waals surface area contributed by atoms with Gasteiger partial charge in [0.2, 0.25) is 6.79 Å². The van der Waals surface area contributed by atoms with Crippen molar-refractivity contribution in [1.82, 2.24) is 0 Å². The largest absolute Gasteiger partial charge is 0.454 e. The predicted molar refractivity (Wildman–Crippen MR) is 78.7 cm³/mol. The highest BCUT2D eigenvalue weighted by molar-refractivity contribution is 9.10. The zero-order valence-electron chi connectivity index (χ0n) is 10.9. The number of halogens is 2. The van der Waals surface area contributed by atoms with Gasteiger partial charge in [-0.3, -0.25) is 0 Å². The summed E-state index contributed by atoms with van der Waals surface area (Å²) in [6.45, 7) is 2.71. The lowest BCUT2D eigenvalue weighted by molar-refractivity contribution is 0.173. The van der Waals surface area contributed by atoms with Crippen LogP contribution in [0.4, 0.5) is 10.1 Å². The molecular weight excluding hydrogens is 325 g/mol. The molecule has 1 heterocycles. The summed E-state index contributed by atoms with van der Waals surface area (Å²) in [6, 6.07) is 9.03. The fraction of sp³-hybridized carbons (Fsp3) is 0.200. The number of benzene rings is 2. The van der Waals surface area contributed by atoms with Crippen LogP contribution in [0.5, 0.6) is 11.5 Å². The Kier molecular flexibility index (Phi) is 3.53. The first-order valence-electron chi connectivity index (χ1n) is 6.22. The van der Waals surface area contributed by atoms with Crippen LogP contribution in [-0.2, 0) is 6.54 Å². The first-order chi connectivity index (χ1) is 9.65. The van der Waals surface area contributed by atoms with Crippen LogP contribution in [0.2, 0.25) is 0 Å². The van der Waals surface area contributed by atoms with Gasteiger partial charge in [0.05, 0.1) is 4.47 Å². The molecule has 0 aliphatic carbocycles. The molecule has 0 fully saturated rings. The molecule has 0 spiro atoms. The van der Waals surface area contributed by atoms with Gasteiger partial charge in [0.1, 0.15) is 5.82 Å². The standard InChI is InChI=1S/C15H13BrFNO2/c1-9-5-12(17)11(16)6-13(9)18-7-10-3-2-4-14-15(10)20-8-19-14/h2-6,18H,7-8H2,1H3. The van der Waals surface area contributed by atoms with Crippen molar-refractivity contribution in [3.8, 4) is 11.5 Å². The van der Waals surface area contributed by atoms with Crippen molar-refractivity contribution < 1.29 is 13.9 Å². The summed E-state index contributed by atoms with van der Waals surface area (Å²) < 4.78 is 24.6. The van der Waals surface area contributed by atoms with Crippen LogP contribution < -0.4 is 14.8 Å². The van der Waals surface area contributed by atoms with Crippen LogP contribution in [0.25, 0.3) is 0 Å². The van der Waals surface area contributed by atoms with E-state index in [9.17, 15) is 4.39 Å². The van der Waals surface area contributed by atoms with Crippen molar-refractivity contribution >= 4 is 21.6 Å². The molecule has 0 aromatic heterocycles. The lowest BCUT2D eigenvalue weighted by Crippen LogP contribution is -2.03. The number of fused-ring (bicyclic) bond motifs is 1. The first-order valence-corrected chi connectivity index (χ1v) is 7.01. The molecule has 1 N–H and O–H groups in total. The van der Waals surface area contributed by atoms with E-state index < -0.39 is 0 Å². The monoisotopic (exact) mass is 337 g/mol. The van der Waals surface area contributed by atoms with Gasteiger partial charge in [0.15, 0.2) is 11.5 Å². The lowest BCUT2D eigenvalue weighted by Gasteiger charge is -2.12. The Hall–Kier alpha value is -1.75.